The zero-order valence-corrected chi connectivity index (χ0v) is 14.6. The highest BCUT2D eigenvalue weighted by molar-refractivity contribution is 5.81. The lowest BCUT2D eigenvalue weighted by molar-refractivity contribution is -0.143. The molecule has 4 rings (SSSR count). The number of carbonyl (C=O) groups excluding carboxylic acids is 2. The van der Waals surface area contributed by atoms with E-state index in [9.17, 15) is 9.59 Å². The van der Waals surface area contributed by atoms with Gasteiger partial charge in [-0.2, -0.15) is 0 Å². The summed E-state index contributed by atoms with van der Waals surface area (Å²) in [5.41, 5.74) is 0. The van der Waals surface area contributed by atoms with Crippen molar-refractivity contribution in [3.63, 3.8) is 0 Å². The monoisotopic (exact) mass is 334 g/mol. The van der Waals surface area contributed by atoms with Gasteiger partial charge in [0.2, 0.25) is 11.8 Å². The van der Waals surface area contributed by atoms with Crippen molar-refractivity contribution in [2.24, 2.45) is 11.8 Å². The van der Waals surface area contributed by atoms with Crippen molar-refractivity contribution in [2.75, 3.05) is 26.2 Å². The molecular weight excluding hydrogens is 304 g/mol. The lowest BCUT2D eigenvalue weighted by atomic mass is 9.88. The maximum absolute atomic E-state index is 12.7. The van der Waals surface area contributed by atoms with Gasteiger partial charge in [0.05, 0.1) is 18.1 Å². The van der Waals surface area contributed by atoms with E-state index < -0.39 is 0 Å². The Kier molecular flexibility index (Phi) is 4.79. The third kappa shape index (κ3) is 3.32. The molecule has 3 heterocycles. The zero-order valence-electron chi connectivity index (χ0n) is 14.6. The maximum atomic E-state index is 12.7. The van der Waals surface area contributed by atoms with Gasteiger partial charge in [0.15, 0.2) is 0 Å². The summed E-state index contributed by atoms with van der Waals surface area (Å²) in [6.07, 6.45) is 10.6. The largest absolute Gasteiger partial charge is 0.374 e. The predicted octanol–water partition coefficient (Wildman–Crippen LogP) is 2.20. The average Bonchev–Trinajstić information content (AvgIpc) is 3.36. The molecule has 2 bridgehead atoms. The molecule has 0 aromatic carbocycles. The molecule has 1 saturated carbocycles. The fourth-order valence-electron chi connectivity index (χ4n) is 5.09. The first-order chi connectivity index (χ1) is 11.7. The summed E-state index contributed by atoms with van der Waals surface area (Å²) in [4.78, 5) is 29.0. The number of piperazine rings is 1. The van der Waals surface area contributed by atoms with Crippen molar-refractivity contribution >= 4 is 11.8 Å². The van der Waals surface area contributed by atoms with Gasteiger partial charge in [0.1, 0.15) is 0 Å². The van der Waals surface area contributed by atoms with Crippen LogP contribution in [0.5, 0.6) is 0 Å². The molecule has 134 valence electrons. The van der Waals surface area contributed by atoms with Gasteiger partial charge in [-0.1, -0.05) is 25.7 Å². The molecule has 3 aliphatic heterocycles. The summed E-state index contributed by atoms with van der Waals surface area (Å²) in [6.45, 7) is 2.80. The van der Waals surface area contributed by atoms with Crippen molar-refractivity contribution < 1.29 is 14.3 Å². The van der Waals surface area contributed by atoms with E-state index in [-0.39, 0.29) is 23.8 Å². The van der Waals surface area contributed by atoms with Gasteiger partial charge < -0.3 is 14.5 Å². The quantitative estimate of drug-likeness (QED) is 0.792. The lowest BCUT2D eigenvalue weighted by Gasteiger charge is -2.37. The average molecular weight is 334 g/mol. The van der Waals surface area contributed by atoms with Crippen LogP contribution in [0.2, 0.25) is 0 Å². The summed E-state index contributed by atoms with van der Waals surface area (Å²) in [6, 6.07) is 0. The van der Waals surface area contributed by atoms with E-state index in [1.54, 1.807) is 0 Å². The Labute approximate surface area is 144 Å². The van der Waals surface area contributed by atoms with Crippen molar-refractivity contribution in [3.8, 4) is 0 Å². The Balaban J connectivity index is 1.21. The second-order valence-corrected chi connectivity index (χ2v) is 8.11. The minimum Gasteiger partial charge on any atom is -0.374 e. The predicted molar refractivity (Wildman–Crippen MR) is 90.4 cm³/mol. The number of fused-ring (bicyclic) bond motifs is 2. The van der Waals surface area contributed by atoms with Gasteiger partial charge in [-0.05, 0) is 31.6 Å². The maximum Gasteiger partial charge on any atom is 0.228 e. The van der Waals surface area contributed by atoms with Gasteiger partial charge >= 0.3 is 0 Å². The molecule has 3 saturated heterocycles. The summed E-state index contributed by atoms with van der Waals surface area (Å²) in [5, 5.41) is 0. The topological polar surface area (TPSA) is 49.9 Å². The molecule has 5 heteroatoms. The summed E-state index contributed by atoms with van der Waals surface area (Å²) >= 11 is 0. The van der Waals surface area contributed by atoms with Crippen LogP contribution in [0.4, 0.5) is 0 Å². The van der Waals surface area contributed by atoms with Gasteiger partial charge in [0.25, 0.3) is 0 Å². The molecule has 3 atom stereocenters. The second kappa shape index (κ2) is 7.03. The molecule has 5 nitrogen and oxygen atoms in total. The van der Waals surface area contributed by atoms with E-state index in [1.165, 1.54) is 25.7 Å². The standard InChI is InChI=1S/C19H30N2O3/c22-18(8-5-14-3-1-2-4-14)20-9-11-21(12-10-20)19(23)16-13-15-6-7-17(16)24-15/h14-17H,1-13H2/t15-,16+,17-/m1/s1. The Morgan fingerprint density at radius 3 is 2.25 bits per heavy atom. The zero-order chi connectivity index (χ0) is 16.5. The molecule has 0 aromatic rings. The van der Waals surface area contributed by atoms with Gasteiger partial charge in [-0.3, -0.25) is 9.59 Å². The molecule has 0 spiro atoms. The fraction of sp³-hybridized carbons (Fsp3) is 0.895. The van der Waals surface area contributed by atoms with E-state index in [0.29, 0.717) is 38.7 Å². The fourth-order valence-corrected chi connectivity index (χ4v) is 5.09. The van der Waals surface area contributed by atoms with Gasteiger partial charge in [0, 0.05) is 32.6 Å². The van der Waals surface area contributed by atoms with Crippen LogP contribution in [0.25, 0.3) is 0 Å². The molecule has 4 aliphatic rings. The Morgan fingerprint density at radius 1 is 0.917 bits per heavy atom. The molecule has 4 fully saturated rings. The van der Waals surface area contributed by atoms with Crippen LogP contribution in [-0.4, -0.2) is 60.0 Å². The molecule has 0 aromatic heterocycles. The number of hydrogen-bond acceptors (Lipinski definition) is 3. The number of hydrogen-bond donors (Lipinski definition) is 0. The van der Waals surface area contributed by atoms with Crippen molar-refractivity contribution in [1.29, 1.82) is 0 Å². The van der Waals surface area contributed by atoms with E-state index in [4.69, 9.17) is 4.74 Å². The number of carbonyl (C=O) groups is 2. The van der Waals surface area contributed by atoms with Gasteiger partial charge in [-0.15, -0.1) is 0 Å². The molecule has 24 heavy (non-hydrogen) atoms. The number of ether oxygens (including phenoxy) is 1. The first kappa shape index (κ1) is 16.4. The van der Waals surface area contributed by atoms with Crippen molar-refractivity contribution in [3.05, 3.63) is 0 Å². The summed E-state index contributed by atoms with van der Waals surface area (Å²) < 4.78 is 5.82. The molecule has 0 N–H and O–H groups in total. The first-order valence-corrected chi connectivity index (χ1v) is 9.93. The van der Waals surface area contributed by atoms with Crippen molar-refractivity contribution in [2.45, 2.75) is 70.0 Å². The van der Waals surface area contributed by atoms with E-state index in [2.05, 4.69) is 0 Å². The van der Waals surface area contributed by atoms with Crippen LogP contribution >= 0.6 is 0 Å². The van der Waals surface area contributed by atoms with Crippen LogP contribution in [0.3, 0.4) is 0 Å². The normalized spacial score (nSPS) is 33.4. The highest BCUT2D eigenvalue weighted by Crippen LogP contribution is 2.39. The molecule has 0 radical (unpaired) electrons. The van der Waals surface area contributed by atoms with Gasteiger partial charge in [-0.25, -0.2) is 0 Å². The first-order valence-electron chi connectivity index (χ1n) is 9.93. The number of amides is 2. The third-order valence-electron chi connectivity index (χ3n) is 6.61. The molecule has 0 unspecified atom stereocenters. The van der Waals surface area contributed by atoms with Crippen LogP contribution in [0.15, 0.2) is 0 Å². The van der Waals surface area contributed by atoms with Crippen LogP contribution in [-0.2, 0) is 14.3 Å². The summed E-state index contributed by atoms with van der Waals surface area (Å²) in [7, 11) is 0. The minimum atomic E-state index is 0.0772. The van der Waals surface area contributed by atoms with E-state index in [0.717, 1.165) is 31.6 Å². The highest BCUT2D eigenvalue weighted by Gasteiger charge is 2.46. The van der Waals surface area contributed by atoms with Crippen LogP contribution < -0.4 is 0 Å². The highest BCUT2D eigenvalue weighted by atomic mass is 16.5. The molecule has 1 aliphatic carbocycles. The molecule has 2 amide bonds. The Morgan fingerprint density at radius 2 is 1.62 bits per heavy atom. The SMILES string of the molecule is O=C(CCC1CCCC1)N1CCN(C(=O)[C@H]2C[C@H]3CC[C@H]2O3)CC1. The lowest BCUT2D eigenvalue weighted by Crippen LogP contribution is -2.52. The number of nitrogens with zero attached hydrogens (tertiary/aromatic N) is 2. The number of rotatable bonds is 4. The van der Waals surface area contributed by atoms with Crippen molar-refractivity contribution in [1.82, 2.24) is 9.80 Å². The van der Waals surface area contributed by atoms with Crippen LogP contribution in [0.1, 0.15) is 57.8 Å². The molecular formula is C19H30N2O3. The summed E-state index contributed by atoms with van der Waals surface area (Å²) in [5.74, 6) is 1.40. The third-order valence-corrected chi connectivity index (χ3v) is 6.61. The minimum absolute atomic E-state index is 0.0772. The second-order valence-electron chi connectivity index (χ2n) is 8.11. The van der Waals surface area contributed by atoms with E-state index >= 15 is 0 Å². The van der Waals surface area contributed by atoms with Crippen LogP contribution in [0, 0.1) is 11.8 Å². The van der Waals surface area contributed by atoms with E-state index in [1.807, 2.05) is 9.80 Å². The Hall–Kier alpha value is -1.10. The Bertz CT molecular complexity index is 481. The smallest absolute Gasteiger partial charge is 0.228 e.